The fraction of sp³-hybridized carbons (Fsp3) is 0.0380. The van der Waals surface area contributed by atoms with Gasteiger partial charge in [-0.05, 0) is 138 Å². The van der Waals surface area contributed by atoms with Crippen molar-refractivity contribution < 1.29 is 0 Å². The molecule has 17 rings (SSSR count). The van der Waals surface area contributed by atoms with E-state index in [4.69, 9.17) is 4.98 Å². The predicted molar refractivity (Wildman–Crippen MR) is 339 cm³/mol. The van der Waals surface area contributed by atoms with Crippen LogP contribution in [0.15, 0.2) is 285 Å². The van der Waals surface area contributed by atoms with Crippen LogP contribution >= 0.6 is 0 Å². The topological polar surface area (TPSA) is 46.5 Å². The van der Waals surface area contributed by atoms with Crippen LogP contribution < -0.4 is 0 Å². The van der Waals surface area contributed by atoms with Crippen molar-refractivity contribution in [2.24, 2.45) is 0 Å². The molecule has 0 radical (unpaired) electrons. The van der Waals surface area contributed by atoms with Crippen molar-refractivity contribution in [3.63, 3.8) is 0 Å². The summed E-state index contributed by atoms with van der Waals surface area (Å²) in [5, 5.41) is 14.8. The van der Waals surface area contributed by atoms with Gasteiger partial charge in [-0.25, -0.2) is 4.98 Å². The first-order chi connectivity index (χ1) is 41.1. The first-order valence-corrected chi connectivity index (χ1v) is 28.7. The number of imidazole rings is 1. The van der Waals surface area contributed by atoms with Crippen molar-refractivity contribution in [3.8, 4) is 73.1 Å². The molecule has 4 heteroatoms. The minimum Gasteiger partial charge on any atom is -0.309 e. The quantitative estimate of drug-likeness (QED) is 0.152. The van der Waals surface area contributed by atoms with Gasteiger partial charge in [-0.15, -0.1) is 0 Å². The number of rotatable bonds is 8. The van der Waals surface area contributed by atoms with E-state index in [2.05, 4.69) is 300 Å². The number of nitrogens with zero attached hydrogens (tertiary/aromatic N) is 4. The number of hydrogen-bond donors (Lipinski definition) is 0. The minimum absolute atomic E-state index is 0.0340. The second-order valence-corrected chi connectivity index (χ2v) is 22.4. The number of fused-ring (bicyclic) bond motifs is 13. The first-order valence-electron chi connectivity index (χ1n) is 28.7. The fourth-order valence-corrected chi connectivity index (χ4v) is 14.4. The molecule has 3 aliphatic rings. The number of para-hydroxylation sites is 2. The zero-order valence-electron chi connectivity index (χ0n) is 45.2. The van der Waals surface area contributed by atoms with Gasteiger partial charge in [0.15, 0.2) is 0 Å². The Morgan fingerprint density at radius 1 is 0.349 bits per heavy atom. The van der Waals surface area contributed by atoms with Crippen LogP contribution in [0.3, 0.4) is 0 Å². The Morgan fingerprint density at radius 3 is 1.53 bits per heavy atom. The Balaban J connectivity index is 0.954. The standard InChI is InChI=1S/C79H50N4/c80-48-67-75(57-36-39-61-65(44-57)78-63-42-54(49-20-6-1-7-21-49)34-35-56(63)43-66(78)74(61)52-26-12-4-13-27-52)64(51-24-10-3-11-25-51)47-73(82-69-32-18-16-30-59(69)60-31-17-19-33-70(60)82)76(67)58-37-40-62-71(46-58)83-72-45-55(50-22-8-2-9-23-50)38-41-68(72)81-79(83)77(62)53-28-14-5-15-29-53/h1-47,74,77-78H. The Morgan fingerprint density at radius 2 is 0.880 bits per heavy atom. The van der Waals surface area contributed by atoms with Crippen molar-refractivity contribution in [1.29, 1.82) is 5.26 Å². The summed E-state index contributed by atoms with van der Waals surface area (Å²) >= 11 is 0. The Bertz CT molecular complexity index is 4970. The number of allylic oxidation sites excluding steroid dienone is 1. The van der Waals surface area contributed by atoms with Gasteiger partial charge in [0.05, 0.1) is 44.9 Å². The summed E-state index contributed by atoms with van der Waals surface area (Å²) in [7, 11) is 0. The third-order valence-corrected chi connectivity index (χ3v) is 18.0. The molecule has 83 heavy (non-hydrogen) atoms. The highest BCUT2D eigenvalue weighted by Crippen LogP contribution is 2.59. The number of aromatic nitrogens is 3. The molecule has 2 aliphatic carbocycles. The zero-order chi connectivity index (χ0) is 54.7. The van der Waals surface area contributed by atoms with Crippen molar-refractivity contribution in [1.82, 2.24) is 14.1 Å². The Hall–Kier alpha value is -10.9. The van der Waals surface area contributed by atoms with Crippen molar-refractivity contribution in [2.75, 3.05) is 0 Å². The second-order valence-electron chi connectivity index (χ2n) is 22.4. The maximum atomic E-state index is 12.5. The van der Waals surface area contributed by atoms with Crippen LogP contribution in [0.4, 0.5) is 0 Å². The van der Waals surface area contributed by atoms with Crippen molar-refractivity contribution >= 4 is 38.9 Å². The average molecular weight is 1060 g/mol. The minimum atomic E-state index is -0.106. The number of hydrogen-bond acceptors (Lipinski definition) is 2. The first kappa shape index (κ1) is 47.0. The summed E-state index contributed by atoms with van der Waals surface area (Å²) < 4.78 is 4.80. The summed E-state index contributed by atoms with van der Waals surface area (Å²) in [6.45, 7) is 0. The highest BCUT2D eigenvalue weighted by molar-refractivity contribution is 6.11. The summed E-state index contributed by atoms with van der Waals surface area (Å²) in [6, 6.07) is 104. The maximum absolute atomic E-state index is 12.5. The molecule has 3 unspecified atom stereocenters. The van der Waals surface area contributed by atoms with E-state index in [0.29, 0.717) is 5.56 Å². The smallest absolute Gasteiger partial charge is 0.126 e. The average Bonchev–Trinajstić information content (AvgIpc) is 2.67. The number of nitriles is 1. The molecule has 0 saturated heterocycles. The summed E-state index contributed by atoms with van der Waals surface area (Å²) in [5.74, 6) is 0.989. The lowest BCUT2D eigenvalue weighted by molar-refractivity contribution is 0.910. The van der Waals surface area contributed by atoms with Crippen LogP contribution in [-0.2, 0) is 0 Å². The van der Waals surface area contributed by atoms with E-state index in [-0.39, 0.29) is 17.8 Å². The Labute approximate surface area is 481 Å². The molecular formula is C79H50N4. The van der Waals surface area contributed by atoms with Gasteiger partial charge in [0, 0.05) is 33.7 Å². The van der Waals surface area contributed by atoms with Crippen molar-refractivity contribution in [3.05, 3.63) is 335 Å². The fourth-order valence-electron chi connectivity index (χ4n) is 14.4. The second kappa shape index (κ2) is 18.6. The third kappa shape index (κ3) is 7.21. The van der Waals surface area contributed by atoms with Crippen LogP contribution in [0.2, 0.25) is 0 Å². The van der Waals surface area contributed by atoms with E-state index in [0.717, 1.165) is 94.5 Å². The Kier molecular flexibility index (Phi) is 10.5. The normalized spacial score (nSPS) is 15.4. The SMILES string of the molecule is N#Cc1c(-c2ccc3c(c2)C2C(=Cc4ccc(-c5ccccc5)cc42)C3c2ccccc2)c(-c2ccccc2)cc(-n2c3ccccc3c3ccccc32)c1-c1ccc2c(c1)-n1c(nc3ccc(-c4ccccc4)cc31)C2c1ccccc1. The molecular weight excluding hydrogens is 1000 g/mol. The molecule has 0 N–H and O–H groups in total. The predicted octanol–water partition coefficient (Wildman–Crippen LogP) is 19.5. The molecule has 4 nitrogen and oxygen atoms in total. The third-order valence-electron chi connectivity index (χ3n) is 18.0. The highest BCUT2D eigenvalue weighted by atomic mass is 15.1. The van der Waals surface area contributed by atoms with E-state index in [1.165, 1.54) is 55.6 Å². The molecule has 0 bridgehead atoms. The van der Waals surface area contributed by atoms with E-state index in [1.54, 1.807) is 0 Å². The monoisotopic (exact) mass is 1050 g/mol. The number of benzene rings is 12. The van der Waals surface area contributed by atoms with Crippen molar-refractivity contribution in [2.45, 2.75) is 17.8 Å². The highest BCUT2D eigenvalue weighted by Gasteiger charge is 2.42. The van der Waals surface area contributed by atoms with E-state index in [1.807, 2.05) is 0 Å². The largest absolute Gasteiger partial charge is 0.309 e. The van der Waals surface area contributed by atoms with Gasteiger partial charge >= 0.3 is 0 Å². The molecule has 386 valence electrons. The van der Waals surface area contributed by atoms with Gasteiger partial charge in [-0.3, -0.25) is 4.57 Å². The van der Waals surface area contributed by atoms with Gasteiger partial charge < -0.3 is 4.57 Å². The van der Waals surface area contributed by atoms with E-state index < -0.39 is 0 Å². The molecule has 3 heterocycles. The molecule has 0 fully saturated rings. The molecule has 0 saturated carbocycles. The molecule has 3 atom stereocenters. The molecule has 0 amide bonds. The van der Waals surface area contributed by atoms with Gasteiger partial charge in [-0.1, -0.05) is 237 Å². The van der Waals surface area contributed by atoms with Gasteiger partial charge in [-0.2, -0.15) is 5.26 Å². The van der Waals surface area contributed by atoms with Crippen LogP contribution in [0, 0.1) is 11.3 Å². The van der Waals surface area contributed by atoms with Gasteiger partial charge in [0.25, 0.3) is 0 Å². The molecule has 1 aliphatic heterocycles. The van der Waals surface area contributed by atoms with Gasteiger partial charge in [0.1, 0.15) is 11.9 Å². The summed E-state index contributed by atoms with van der Waals surface area (Å²) in [4.78, 5) is 5.47. The van der Waals surface area contributed by atoms with E-state index in [9.17, 15) is 5.26 Å². The lowest BCUT2D eigenvalue weighted by Gasteiger charge is -2.23. The zero-order valence-corrected chi connectivity index (χ0v) is 45.2. The lowest BCUT2D eigenvalue weighted by atomic mass is 9.82. The van der Waals surface area contributed by atoms with Crippen LogP contribution in [0.5, 0.6) is 0 Å². The molecule has 12 aromatic carbocycles. The van der Waals surface area contributed by atoms with Crippen LogP contribution in [0.1, 0.15) is 68.1 Å². The van der Waals surface area contributed by atoms with Crippen LogP contribution in [-0.4, -0.2) is 14.1 Å². The van der Waals surface area contributed by atoms with E-state index >= 15 is 0 Å². The molecule has 0 spiro atoms. The molecule has 14 aromatic rings. The van der Waals surface area contributed by atoms with Gasteiger partial charge in [0.2, 0.25) is 0 Å². The molecule has 2 aromatic heterocycles. The van der Waals surface area contributed by atoms with Crippen LogP contribution in [0.25, 0.3) is 106 Å². The summed E-state index contributed by atoms with van der Waals surface area (Å²) in [6.07, 6.45) is 2.45. The lowest BCUT2D eigenvalue weighted by Crippen LogP contribution is -2.05. The summed E-state index contributed by atoms with van der Waals surface area (Å²) in [5.41, 5.74) is 27.4. The maximum Gasteiger partial charge on any atom is 0.126 e.